The Balaban J connectivity index is 2.19. The van der Waals surface area contributed by atoms with E-state index in [1.807, 2.05) is 10.8 Å². The average molecular weight is 166 g/mol. The number of aromatic nitrogens is 2. The maximum absolute atomic E-state index is 10.2. The maximum atomic E-state index is 10.2. The Kier molecular flexibility index (Phi) is 1.89. The summed E-state index contributed by atoms with van der Waals surface area (Å²) in [5.74, 6) is 0. The van der Waals surface area contributed by atoms with E-state index in [0.717, 1.165) is 25.7 Å². The van der Waals surface area contributed by atoms with Crippen molar-refractivity contribution in [2.75, 3.05) is 0 Å². The molecule has 1 saturated carbocycles. The molecule has 1 aromatic rings. The van der Waals surface area contributed by atoms with E-state index >= 15 is 0 Å². The fraction of sp³-hybridized carbons (Fsp3) is 0.667. The normalized spacial score (nSPS) is 22.4. The van der Waals surface area contributed by atoms with Crippen LogP contribution in [0.15, 0.2) is 18.7 Å². The molecular formula is C9H14N2O. The first-order chi connectivity index (χ1) is 5.81. The van der Waals surface area contributed by atoms with Crippen LogP contribution in [-0.4, -0.2) is 14.7 Å². The van der Waals surface area contributed by atoms with Crippen molar-refractivity contribution in [3.63, 3.8) is 0 Å². The van der Waals surface area contributed by atoms with Crippen LogP contribution in [0.3, 0.4) is 0 Å². The summed E-state index contributed by atoms with van der Waals surface area (Å²) in [5.41, 5.74) is -0.644. The Hall–Kier alpha value is -0.830. The van der Waals surface area contributed by atoms with Gasteiger partial charge in [0, 0.05) is 12.4 Å². The highest BCUT2D eigenvalue weighted by atomic mass is 16.3. The zero-order valence-electron chi connectivity index (χ0n) is 7.11. The van der Waals surface area contributed by atoms with Crippen molar-refractivity contribution in [1.82, 2.24) is 9.55 Å². The van der Waals surface area contributed by atoms with Crippen LogP contribution in [0, 0.1) is 0 Å². The highest BCUT2D eigenvalue weighted by molar-refractivity contribution is 4.86. The molecule has 0 unspecified atom stereocenters. The standard InChI is InChI=1S/C9H14N2O/c12-9(4-2-1-3-5-9)11-7-6-10-8-11/h6-8,12H,1-5H2. The Morgan fingerprint density at radius 3 is 2.58 bits per heavy atom. The minimum Gasteiger partial charge on any atom is -0.370 e. The second-order valence-corrected chi connectivity index (χ2v) is 3.51. The van der Waals surface area contributed by atoms with Gasteiger partial charge in [-0.15, -0.1) is 0 Å². The zero-order chi connectivity index (χ0) is 8.44. The van der Waals surface area contributed by atoms with Crippen molar-refractivity contribution in [1.29, 1.82) is 0 Å². The number of hydrogen-bond donors (Lipinski definition) is 1. The molecule has 1 N–H and O–H groups in total. The number of imidazole rings is 1. The van der Waals surface area contributed by atoms with Gasteiger partial charge in [0.25, 0.3) is 0 Å². The average Bonchev–Trinajstić information content (AvgIpc) is 2.58. The van der Waals surface area contributed by atoms with E-state index in [0.29, 0.717) is 0 Å². The van der Waals surface area contributed by atoms with Crippen LogP contribution in [0.4, 0.5) is 0 Å². The molecule has 0 radical (unpaired) electrons. The topological polar surface area (TPSA) is 38.0 Å². The summed E-state index contributed by atoms with van der Waals surface area (Å²) in [6, 6.07) is 0. The van der Waals surface area contributed by atoms with Gasteiger partial charge in [0.05, 0.1) is 6.33 Å². The lowest BCUT2D eigenvalue weighted by molar-refractivity contribution is -0.0695. The first-order valence-electron chi connectivity index (χ1n) is 4.52. The summed E-state index contributed by atoms with van der Waals surface area (Å²) in [4.78, 5) is 3.95. The smallest absolute Gasteiger partial charge is 0.142 e. The summed E-state index contributed by atoms with van der Waals surface area (Å²) in [6.45, 7) is 0. The van der Waals surface area contributed by atoms with Crippen molar-refractivity contribution >= 4 is 0 Å². The summed E-state index contributed by atoms with van der Waals surface area (Å²) < 4.78 is 1.83. The second-order valence-electron chi connectivity index (χ2n) is 3.51. The lowest BCUT2D eigenvalue weighted by Gasteiger charge is -2.33. The van der Waals surface area contributed by atoms with Gasteiger partial charge in [-0.1, -0.05) is 6.42 Å². The highest BCUT2D eigenvalue weighted by Gasteiger charge is 2.30. The van der Waals surface area contributed by atoms with E-state index in [9.17, 15) is 5.11 Å². The monoisotopic (exact) mass is 166 g/mol. The fourth-order valence-corrected chi connectivity index (χ4v) is 1.88. The quantitative estimate of drug-likeness (QED) is 0.686. The minimum absolute atomic E-state index is 0.644. The van der Waals surface area contributed by atoms with Gasteiger partial charge in [0.1, 0.15) is 5.72 Å². The van der Waals surface area contributed by atoms with Crippen molar-refractivity contribution in [3.05, 3.63) is 18.7 Å². The number of nitrogens with zero attached hydrogens (tertiary/aromatic N) is 2. The van der Waals surface area contributed by atoms with E-state index < -0.39 is 5.72 Å². The Labute approximate surface area is 72.0 Å². The lowest BCUT2D eigenvalue weighted by atomic mass is 9.92. The van der Waals surface area contributed by atoms with E-state index in [2.05, 4.69) is 4.98 Å². The second kappa shape index (κ2) is 2.90. The van der Waals surface area contributed by atoms with Crippen LogP contribution in [0.25, 0.3) is 0 Å². The lowest BCUT2D eigenvalue weighted by Crippen LogP contribution is -2.34. The third-order valence-corrected chi connectivity index (χ3v) is 2.64. The predicted molar refractivity (Wildman–Crippen MR) is 45.5 cm³/mol. The summed E-state index contributed by atoms with van der Waals surface area (Å²) in [5, 5.41) is 10.2. The van der Waals surface area contributed by atoms with Crippen LogP contribution in [-0.2, 0) is 5.72 Å². The molecule has 0 saturated heterocycles. The van der Waals surface area contributed by atoms with Crippen LogP contribution in [0.5, 0.6) is 0 Å². The Morgan fingerprint density at radius 1 is 1.25 bits per heavy atom. The third-order valence-electron chi connectivity index (χ3n) is 2.64. The van der Waals surface area contributed by atoms with Crippen molar-refractivity contribution in [3.8, 4) is 0 Å². The van der Waals surface area contributed by atoms with Crippen molar-refractivity contribution in [2.24, 2.45) is 0 Å². The summed E-state index contributed by atoms with van der Waals surface area (Å²) in [6.07, 6.45) is 10.5. The van der Waals surface area contributed by atoms with Crippen LogP contribution >= 0.6 is 0 Å². The van der Waals surface area contributed by atoms with Crippen molar-refractivity contribution in [2.45, 2.75) is 37.8 Å². The van der Waals surface area contributed by atoms with E-state index in [1.165, 1.54) is 6.42 Å². The van der Waals surface area contributed by atoms with Crippen LogP contribution in [0.1, 0.15) is 32.1 Å². The Bertz CT molecular complexity index is 237. The molecule has 66 valence electrons. The molecule has 3 nitrogen and oxygen atoms in total. The van der Waals surface area contributed by atoms with E-state index in [4.69, 9.17) is 0 Å². The highest BCUT2D eigenvalue weighted by Crippen LogP contribution is 2.31. The van der Waals surface area contributed by atoms with Gasteiger partial charge in [-0.3, -0.25) is 0 Å². The van der Waals surface area contributed by atoms with Gasteiger partial charge in [-0.05, 0) is 25.7 Å². The summed E-state index contributed by atoms with van der Waals surface area (Å²) in [7, 11) is 0. The Morgan fingerprint density at radius 2 is 2.00 bits per heavy atom. The molecule has 1 aromatic heterocycles. The van der Waals surface area contributed by atoms with E-state index in [1.54, 1.807) is 12.5 Å². The zero-order valence-corrected chi connectivity index (χ0v) is 7.11. The van der Waals surface area contributed by atoms with Gasteiger partial charge in [-0.25, -0.2) is 4.98 Å². The first kappa shape index (κ1) is 7.80. The van der Waals surface area contributed by atoms with Gasteiger partial charge < -0.3 is 9.67 Å². The molecule has 12 heavy (non-hydrogen) atoms. The molecule has 1 aliphatic rings. The molecule has 3 heteroatoms. The molecule has 0 amide bonds. The van der Waals surface area contributed by atoms with Gasteiger partial charge in [0.15, 0.2) is 0 Å². The molecule has 0 bridgehead atoms. The molecule has 0 aromatic carbocycles. The minimum atomic E-state index is -0.644. The molecule has 0 aliphatic heterocycles. The molecule has 1 fully saturated rings. The maximum Gasteiger partial charge on any atom is 0.142 e. The van der Waals surface area contributed by atoms with Crippen LogP contribution < -0.4 is 0 Å². The molecule has 0 atom stereocenters. The third kappa shape index (κ3) is 1.25. The fourth-order valence-electron chi connectivity index (χ4n) is 1.88. The molecular weight excluding hydrogens is 152 g/mol. The van der Waals surface area contributed by atoms with E-state index in [-0.39, 0.29) is 0 Å². The molecule has 0 spiro atoms. The number of aliphatic hydroxyl groups is 1. The molecule has 1 heterocycles. The SMILES string of the molecule is OC1(n2ccnc2)CCCCC1. The molecule has 1 aliphatic carbocycles. The molecule has 2 rings (SSSR count). The van der Waals surface area contributed by atoms with Gasteiger partial charge in [-0.2, -0.15) is 0 Å². The van der Waals surface area contributed by atoms with Gasteiger partial charge in [0.2, 0.25) is 0 Å². The van der Waals surface area contributed by atoms with Gasteiger partial charge >= 0.3 is 0 Å². The number of rotatable bonds is 1. The number of hydrogen-bond acceptors (Lipinski definition) is 2. The largest absolute Gasteiger partial charge is 0.370 e. The first-order valence-corrected chi connectivity index (χ1v) is 4.52. The van der Waals surface area contributed by atoms with Crippen LogP contribution in [0.2, 0.25) is 0 Å². The predicted octanol–water partition coefficient (Wildman–Crippen LogP) is 1.49. The summed E-state index contributed by atoms with van der Waals surface area (Å²) >= 11 is 0. The van der Waals surface area contributed by atoms with Crippen molar-refractivity contribution < 1.29 is 5.11 Å².